The number of ether oxygens (including phenoxy) is 1. The summed E-state index contributed by atoms with van der Waals surface area (Å²) in [4.78, 5) is 9.58. The molecule has 0 radical (unpaired) electrons. The third kappa shape index (κ3) is 6.80. The molecule has 6 nitrogen and oxygen atoms in total. The van der Waals surface area contributed by atoms with Crippen LogP contribution in [0.4, 0.5) is 0 Å². The van der Waals surface area contributed by atoms with Crippen LogP contribution in [0.5, 0.6) is 0 Å². The van der Waals surface area contributed by atoms with E-state index in [0.29, 0.717) is 24.0 Å². The summed E-state index contributed by atoms with van der Waals surface area (Å²) in [5.41, 5.74) is 2.66. The smallest absolute Gasteiger partial charge is 0.191 e. The van der Waals surface area contributed by atoms with Crippen molar-refractivity contribution < 1.29 is 4.74 Å². The largest absolute Gasteiger partial charge is 0.379 e. The Hall–Kier alpha value is -0.900. The van der Waals surface area contributed by atoms with Crippen LogP contribution in [0, 0.1) is 12.8 Å². The monoisotopic (exact) mass is 529 g/mol. The Balaban J connectivity index is 0.00000320. The predicted octanol–water partition coefficient (Wildman–Crippen LogP) is 2.88. The standard InChI is InChI=1S/C23H39N5O.HI/c1-17(2)28-15-19(4)21(16-28)26-23(24-5)25-14-22(27-9-11-29-12-10-27)20-8-6-7-18(3)13-20;/h6-8,13,17,19,21-22H,9-12,14-16H2,1-5H3,(H2,24,25,26);1H. The average molecular weight is 530 g/mol. The summed E-state index contributed by atoms with van der Waals surface area (Å²) in [5.74, 6) is 1.51. The van der Waals surface area contributed by atoms with Gasteiger partial charge in [0, 0.05) is 51.9 Å². The Morgan fingerprint density at radius 3 is 2.53 bits per heavy atom. The first-order valence-corrected chi connectivity index (χ1v) is 11.1. The molecule has 0 aromatic heterocycles. The van der Waals surface area contributed by atoms with Crippen LogP contribution in [0.3, 0.4) is 0 Å². The Morgan fingerprint density at radius 1 is 1.20 bits per heavy atom. The first-order chi connectivity index (χ1) is 14.0. The summed E-state index contributed by atoms with van der Waals surface area (Å²) >= 11 is 0. The minimum absolute atomic E-state index is 0. The third-order valence-electron chi connectivity index (χ3n) is 6.29. The van der Waals surface area contributed by atoms with Crippen LogP contribution < -0.4 is 10.6 Å². The lowest BCUT2D eigenvalue weighted by Crippen LogP contribution is -2.50. The van der Waals surface area contributed by atoms with Crippen molar-refractivity contribution in [2.24, 2.45) is 10.9 Å². The number of hydrogen-bond acceptors (Lipinski definition) is 4. The zero-order valence-corrected chi connectivity index (χ0v) is 21.6. The van der Waals surface area contributed by atoms with Crippen molar-refractivity contribution in [3.63, 3.8) is 0 Å². The van der Waals surface area contributed by atoms with Crippen LogP contribution in [-0.4, -0.2) is 80.8 Å². The number of hydrogen-bond donors (Lipinski definition) is 2. The van der Waals surface area contributed by atoms with Crippen LogP contribution in [0.2, 0.25) is 0 Å². The number of nitrogens with one attached hydrogen (secondary N) is 2. The second-order valence-electron chi connectivity index (χ2n) is 8.81. The van der Waals surface area contributed by atoms with Gasteiger partial charge in [0.1, 0.15) is 0 Å². The fourth-order valence-corrected chi connectivity index (χ4v) is 4.40. The molecule has 3 atom stereocenters. The maximum atomic E-state index is 5.58. The lowest BCUT2D eigenvalue weighted by Gasteiger charge is -2.35. The Kier molecular flexibility index (Phi) is 10.3. The number of morpholine rings is 1. The van der Waals surface area contributed by atoms with Crippen LogP contribution >= 0.6 is 24.0 Å². The van der Waals surface area contributed by atoms with Gasteiger partial charge >= 0.3 is 0 Å². The van der Waals surface area contributed by atoms with E-state index in [2.05, 4.69) is 77.4 Å². The highest BCUT2D eigenvalue weighted by atomic mass is 127. The second-order valence-corrected chi connectivity index (χ2v) is 8.81. The number of rotatable bonds is 6. The van der Waals surface area contributed by atoms with Crippen molar-refractivity contribution in [3.05, 3.63) is 35.4 Å². The minimum atomic E-state index is 0. The molecule has 0 bridgehead atoms. The molecule has 0 amide bonds. The summed E-state index contributed by atoms with van der Waals surface area (Å²) in [5, 5.41) is 7.29. The molecule has 30 heavy (non-hydrogen) atoms. The van der Waals surface area contributed by atoms with E-state index < -0.39 is 0 Å². The van der Waals surface area contributed by atoms with E-state index in [0.717, 1.165) is 51.9 Å². The minimum Gasteiger partial charge on any atom is -0.379 e. The highest BCUT2D eigenvalue weighted by Crippen LogP contribution is 2.22. The quantitative estimate of drug-likeness (QED) is 0.337. The fraction of sp³-hybridized carbons (Fsp3) is 0.696. The van der Waals surface area contributed by atoms with E-state index in [1.54, 1.807) is 0 Å². The Morgan fingerprint density at radius 2 is 1.93 bits per heavy atom. The maximum Gasteiger partial charge on any atom is 0.191 e. The van der Waals surface area contributed by atoms with Gasteiger partial charge in [0.2, 0.25) is 0 Å². The molecule has 0 saturated carbocycles. The summed E-state index contributed by atoms with van der Waals surface area (Å²) in [7, 11) is 1.87. The van der Waals surface area contributed by atoms with Gasteiger partial charge in [0.05, 0.1) is 19.3 Å². The predicted molar refractivity (Wildman–Crippen MR) is 136 cm³/mol. The van der Waals surface area contributed by atoms with E-state index in [4.69, 9.17) is 4.74 Å². The van der Waals surface area contributed by atoms with E-state index in [1.165, 1.54) is 11.1 Å². The van der Waals surface area contributed by atoms with Gasteiger partial charge in [0.25, 0.3) is 0 Å². The van der Waals surface area contributed by atoms with E-state index in [1.807, 2.05) is 7.05 Å². The van der Waals surface area contributed by atoms with Crippen LogP contribution in [0.25, 0.3) is 0 Å². The van der Waals surface area contributed by atoms with E-state index in [9.17, 15) is 0 Å². The van der Waals surface area contributed by atoms with Crippen LogP contribution in [-0.2, 0) is 4.74 Å². The summed E-state index contributed by atoms with van der Waals surface area (Å²) in [6, 6.07) is 10.2. The highest BCUT2D eigenvalue weighted by Gasteiger charge is 2.31. The molecule has 2 N–H and O–H groups in total. The molecule has 1 aromatic carbocycles. The second kappa shape index (κ2) is 12.2. The summed E-state index contributed by atoms with van der Waals surface area (Å²) in [6.07, 6.45) is 0. The molecular weight excluding hydrogens is 489 g/mol. The number of nitrogens with zero attached hydrogens (tertiary/aromatic N) is 3. The third-order valence-corrected chi connectivity index (χ3v) is 6.29. The molecule has 0 spiro atoms. The molecule has 3 rings (SSSR count). The maximum absolute atomic E-state index is 5.58. The molecule has 7 heteroatoms. The topological polar surface area (TPSA) is 52.1 Å². The molecule has 2 fully saturated rings. The van der Waals surface area contributed by atoms with E-state index >= 15 is 0 Å². The number of halogens is 1. The van der Waals surface area contributed by atoms with Crippen molar-refractivity contribution >= 4 is 29.9 Å². The summed E-state index contributed by atoms with van der Waals surface area (Å²) < 4.78 is 5.58. The molecule has 1 aromatic rings. The SMILES string of the molecule is CN=C(NCC(c1cccc(C)c1)N1CCOCC1)NC1CN(C(C)C)CC1C.I. The fourth-order valence-electron chi connectivity index (χ4n) is 4.40. The van der Waals surface area contributed by atoms with E-state index in [-0.39, 0.29) is 24.0 Å². The molecule has 2 aliphatic heterocycles. The molecular formula is C23H40IN5O. The molecule has 2 saturated heterocycles. The van der Waals surface area contributed by atoms with Gasteiger partial charge in [-0.25, -0.2) is 0 Å². The lowest BCUT2D eigenvalue weighted by atomic mass is 10.0. The van der Waals surface area contributed by atoms with Crippen molar-refractivity contribution in [1.82, 2.24) is 20.4 Å². The van der Waals surface area contributed by atoms with Crippen molar-refractivity contribution in [3.8, 4) is 0 Å². The number of aryl methyl sites for hydroxylation is 1. The molecule has 2 aliphatic rings. The van der Waals surface area contributed by atoms with Gasteiger partial charge in [-0.05, 0) is 32.3 Å². The zero-order chi connectivity index (χ0) is 20.8. The van der Waals surface area contributed by atoms with Gasteiger partial charge < -0.3 is 15.4 Å². The number of benzene rings is 1. The zero-order valence-electron chi connectivity index (χ0n) is 19.2. The average Bonchev–Trinajstić information content (AvgIpc) is 3.09. The van der Waals surface area contributed by atoms with Gasteiger partial charge in [-0.3, -0.25) is 14.8 Å². The number of likely N-dealkylation sites (tertiary alicyclic amines) is 1. The van der Waals surface area contributed by atoms with Crippen molar-refractivity contribution in [1.29, 1.82) is 0 Å². The highest BCUT2D eigenvalue weighted by molar-refractivity contribution is 14.0. The van der Waals surface area contributed by atoms with Gasteiger partial charge in [-0.15, -0.1) is 24.0 Å². The first-order valence-electron chi connectivity index (χ1n) is 11.1. The first kappa shape index (κ1) is 25.4. The van der Waals surface area contributed by atoms with Gasteiger partial charge in [-0.1, -0.05) is 36.8 Å². The molecule has 170 valence electrons. The van der Waals surface area contributed by atoms with Crippen LogP contribution in [0.15, 0.2) is 29.3 Å². The van der Waals surface area contributed by atoms with Crippen molar-refractivity contribution in [2.45, 2.75) is 45.8 Å². The number of aliphatic imine (C=N–C) groups is 1. The molecule has 2 heterocycles. The number of guanidine groups is 1. The molecule has 0 aliphatic carbocycles. The van der Waals surface area contributed by atoms with Crippen LogP contribution in [0.1, 0.15) is 37.9 Å². The van der Waals surface area contributed by atoms with Crippen molar-refractivity contribution in [2.75, 3.05) is 53.0 Å². The van der Waals surface area contributed by atoms with Gasteiger partial charge in [-0.2, -0.15) is 0 Å². The lowest BCUT2D eigenvalue weighted by molar-refractivity contribution is 0.0170. The Bertz CT molecular complexity index is 677. The molecule has 3 unspecified atom stereocenters. The summed E-state index contributed by atoms with van der Waals surface area (Å²) in [6.45, 7) is 15.6. The normalized spacial score (nSPS) is 24.5. The van der Waals surface area contributed by atoms with Gasteiger partial charge in [0.15, 0.2) is 5.96 Å². The Labute approximate surface area is 199 Å².